The van der Waals surface area contributed by atoms with E-state index in [4.69, 9.17) is 4.74 Å². The van der Waals surface area contributed by atoms with Gasteiger partial charge in [-0.1, -0.05) is 0 Å². The van der Waals surface area contributed by atoms with Crippen LogP contribution in [-0.4, -0.2) is 53.6 Å². The topological polar surface area (TPSA) is 84.9 Å². The molecule has 1 aromatic carbocycles. The smallest absolute Gasteiger partial charge is 0.322 e. The molecule has 0 saturated carbocycles. The lowest BCUT2D eigenvalue weighted by Crippen LogP contribution is -2.24. The van der Waals surface area contributed by atoms with Gasteiger partial charge in [0.05, 0.1) is 13.2 Å². The molecule has 1 unspecified atom stereocenters. The molecule has 22 heavy (non-hydrogen) atoms. The third-order valence-corrected chi connectivity index (χ3v) is 4.68. The fourth-order valence-electron chi connectivity index (χ4n) is 2.33. The van der Waals surface area contributed by atoms with Gasteiger partial charge in [0.2, 0.25) is 10.0 Å². The van der Waals surface area contributed by atoms with Crippen molar-refractivity contribution in [2.75, 3.05) is 42.7 Å². The van der Waals surface area contributed by atoms with Crippen molar-refractivity contribution in [3.8, 4) is 0 Å². The molecule has 1 aliphatic heterocycles. The molecule has 0 bridgehead atoms. The van der Waals surface area contributed by atoms with E-state index >= 15 is 0 Å². The van der Waals surface area contributed by atoms with Crippen molar-refractivity contribution in [3.63, 3.8) is 0 Å². The maximum absolute atomic E-state index is 11.8. The zero-order valence-electron chi connectivity index (χ0n) is 12.6. The van der Waals surface area contributed by atoms with E-state index in [2.05, 4.69) is 14.4 Å². The number of methoxy groups -OCH3 is 2. The number of nitrogens with zero attached hydrogens (tertiary/aromatic N) is 1. The summed E-state index contributed by atoms with van der Waals surface area (Å²) in [4.78, 5) is 13.2. The van der Waals surface area contributed by atoms with E-state index in [-0.39, 0.29) is 6.10 Å². The fourth-order valence-corrected chi connectivity index (χ4v) is 3.32. The van der Waals surface area contributed by atoms with Crippen LogP contribution in [-0.2, 0) is 24.3 Å². The molecule has 0 aromatic heterocycles. The van der Waals surface area contributed by atoms with Crippen molar-refractivity contribution < 1.29 is 22.7 Å². The number of anilines is 2. The fraction of sp³-hybridized carbons (Fsp3) is 0.500. The van der Waals surface area contributed by atoms with Gasteiger partial charge in [0.15, 0.2) is 5.75 Å². The highest BCUT2D eigenvalue weighted by molar-refractivity contribution is 7.93. The van der Waals surface area contributed by atoms with Gasteiger partial charge in [0, 0.05) is 31.6 Å². The Labute approximate surface area is 130 Å². The Kier molecular flexibility index (Phi) is 5.25. The molecule has 7 nitrogen and oxygen atoms in total. The minimum atomic E-state index is -3.75. The summed E-state index contributed by atoms with van der Waals surface area (Å²) in [7, 11) is -0.898. The summed E-state index contributed by atoms with van der Waals surface area (Å²) < 4.78 is 35.5. The van der Waals surface area contributed by atoms with Crippen LogP contribution in [0.25, 0.3) is 0 Å². The minimum absolute atomic E-state index is 0.234. The molecule has 1 aliphatic rings. The lowest BCUT2D eigenvalue weighted by atomic mass is 10.2. The highest BCUT2D eigenvalue weighted by Crippen LogP contribution is 2.23. The van der Waals surface area contributed by atoms with Crippen molar-refractivity contribution in [3.05, 3.63) is 24.3 Å². The van der Waals surface area contributed by atoms with E-state index in [0.717, 1.165) is 32.3 Å². The molecular weight excluding hydrogens is 308 g/mol. The summed E-state index contributed by atoms with van der Waals surface area (Å²) in [6, 6.07) is 7.02. The van der Waals surface area contributed by atoms with Crippen molar-refractivity contribution in [1.29, 1.82) is 0 Å². The lowest BCUT2D eigenvalue weighted by Gasteiger charge is -2.18. The summed E-state index contributed by atoms with van der Waals surface area (Å²) in [6.45, 7) is 1.73. The summed E-state index contributed by atoms with van der Waals surface area (Å²) >= 11 is 0. The van der Waals surface area contributed by atoms with Gasteiger partial charge >= 0.3 is 5.97 Å². The van der Waals surface area contributed by atoms with E-state index in [0.29, 0.717) is 5.69 Å². The molecule has 0 amide bonds. The Bertz CT molecular complexity index is 615. The monoisotopic (exact) mass is 328 g/mol. The number of hydrogen-bond donors (Lipinski definition) is 1. The zero-order valence-corrected chi connectivity index (χ0v) is 13.4. The van der Waals surface area contributed by atoms with Gasteiger partial charge in [-0.3, -0.25) is 9.52 Å². The van der Waals surface area contributed by atoms with E-state index in [9.17, 15) is 13.2 Å². The second kappa shape index (κ2) is 6.97. The quantitative estimate of drug-likeness (QED) is 0.779. The Hall–Kier alpha value is -1.80. The van der Waals surface area contributed by atoms with Gasteiger partial charge in [-0.25, -0.2) is 8.42 Å². The molecule has 1 heterocycles. The zero-order chi connectivity index (χ0) is 16.2. The number of sulfonamides is 1. The first-order valence-electron chi connectivity index (χ1n) is 6.88. The predicted octanol–water partition coefficient (Wildman–Crippen LogP) is 0.826. The van der Waals surface area contributed by atoms with Gasteiger partial charge in [-0.15, -0.1) is 0 Å². The molecule has 0 aliphatic carbocycles. The number of carbonyl (C=O) groups is 1. The number of carbonyl (C=O) groups excluding carboxylic acids is 1. The van der Waals surface area contributed by atoms with Crippen LogP contribution in [0.2, 0.25) is 0 Å². The van der Waals surface area contributed by atoms with Gasteiger partial charge in [-0.05, 0) is 30.7 Å². The summed E-state index contributed by atoms with van der Waals surface area (Å²) in [5, 5.41) is 0. The maximum Gasteiger partial charge on any atom is 0.322 e. The predicted molar refractivity (Wildman–Crippen MR) is 83.5 cm³/mol. The largest absolute Gasteiger partial charge is 0.468 e. The summed E-state index contributed by atoms with van der Waals surface area (Å²) in [5.74, 6) is -1.50. The number of esters is 1. The van der Waals surface area contributed by atoms with Gasteiger partial charge in [0.25, 0.3) is 0 Å². The number of benzene rings is 1. The number of ether oxygens (including phenoxy) is 2. The maximum atomic E-state index is 11.8. The van der Waals surface area contributed by atoms with E-state index in [1.807, 2.05) is 12.1 Å². The van der Waals surface area contributed by atoms with Crippen LogP contribution in [0.4, 0.5) is 11.4 Å². The van der Waals surface area contributed by atoms with E-state index in [1.165, 1.54) is 0 Å². The molecule has 122 valence electrons. The molecule has 2 rings (SSSR count). The van der Waals surface area contributed by atoms with Crippen LogP contribution in [0, 0.1) is 0 Å². The molecule has 1 fully saturated rings. The Morgan fingerprint density at radius 1 is 1.32 bits per heavy atom. The molecule has 1 atom stereocenters. The Morgan fingerprint density at radius 2 is 2.00 bits per heavy atom. The number of rotatable bonds is 6. The van der Waals surface area contributed by atoms with Gasteiger partial charge in [-0.2, -0.15) is 0 Å². The average molecular weight is 328 g/mol. The molecule has 1 aromatic rings. The second-order valence-corrected chi connectivity index (χ2v) is 6.80. The number of hydrogen-bond acceptors (Lipinski definition) is 6. The third-order valence-electron chi connectivity index (χ3n) is 3.52. The second-order valence-electron chi connectivity index (χ2n) is 5.08. The van der Waals surface area contributed by atoms with Crippen molar-refractivity contribution >= 4 is 27.4 Å². The molecule has 1 saturated heterocycles. The summed E-state index contributed by atoms with van der Waals surface area (Å²) in [6.07, 6.45) is 1.21. The van der Waals surface area contributed by atoms with E-state index in [1.54, 1.807) is 19.2 Å². The van der Waals surface area contributed by atoms with E-state index < -0.39 is 21.7 Å². The van der Waals surface area contributed by atoms with Crippen molar-refractivity contribution in [1.82, 2.24) is 0 Å². The van der Waals surface area contributed by atoms with Crippen molar-refractivity contribution in [2.24, 2.45) is 0 Å². The first kappa shape index (κ1) is 16.6. The van der Waals surface area contributed by atoms with Gasteiger partial charge in [0.1, 0.15) is 0 Å². The van der Waals surface area contributed by atoms with Crippen LogP contribution in [0.15, 0.2) is 24.3 Å². The standard InChI is InChI=1S/C14H20N2O5S/c1-20-13-7-8-16(9-13)12-5-3-11(4-6-12)15-22(18,19)10-14(17)21-2/h3-6,13,15H,7-10H2,1-2H3. The first-order valence-corrected chi connectivity index (χ1v) is 8.54. The third kappa shape index (κ3) is 4.35. The Balaban J connectivity index is 1.99. The van der Waals surface area contributed by atoms with Crippen LogP contribution in [0.1, 0.15) is 6.42 Å². The molecule has 0 spiro atoms. The molecule has 0 radical (unpaired) electrons. The first-order chi connectivity index (χ1) is 10.4. The number of nitrogens with one attached hydrogen (secondary N) is 1. The normalized spacial score (nSPS) is 18.3. The Morgan fingerprint density at radius 3 is 2.55 bits per heavy atom. The highest BCUT2D eigenvalue weighted by Gasteiger charge is 2.22. The average Bonchev–Trinajstić information content (AvgIpc) is 2.96. The lowest BCUT2D eigenvalue weighted by molar-refractivity contribution is -0.137. The van der Waals surface area contributed by atoms with Crippen LogP contribution in [0.5, 0.6) is 0 Å². The molecule has 1 N–H and O–H groups in total. The van der Waals surface area contributed by atoms with Gasteiger partial charge < -0.3 is 14.4 Å². The van der Waals surface area contributed by atoms with Crippen LogP contribution in [0.3, 0.4) is 0 Å². The molecular formula is C14H20N2O5S. The summed E-state index contributed by atoms with van der Waals surface area (Å²) in [5.41, 5.74) is 1.42. The van der Waals surface area contributed by atoms with Crippen LogP contribution < -0.4 is 9.62 Å². The minimum Gasteiger partial charge on any atom is -0.468 e. The molecule has 8 heteroatoms. The highest BCUT2D eigenvalue weighted by atomic mass is 32.2. The van der Waals surface area contributed by atoms with Crippen LogP contribution >= 0.6 is 0 Å². The van der Waals surface area contributed by atoms with Crippen molar-refractivity contribution in [2.45, 2.75) is 12.5 Å². The SMILES string of the molecule is COC(=O)CS(=O)(=O)Nc1ccc(N2CCC(OC)C2)cc1.